The molecule has 0 amide bonds. The Balaban J connectivity index is 1.85. The van der Waals surface area contributed by atoms with E-state index in [1.807, 2.05) is 18.2 Å². The molecule has 1 unspecified atom stereocenters. The largest absolute Gasteiger partial charge is 0.459 e. The molecule has 1 aromatic carbocycles. The number of piperidine rings is 1. The summed E-state index contributed by atoms with van der Waals surface area (Å²) >= 11 is 0. The summed E-state index contributed by atoms with van der Waals surface area (Å²) in [5.41, 5.74) is 6.95. The van der Waals surface area contributed by atoms with Crippen molar-refractivity contribution in [1.82, 2.24) is 4.90 Å². The molecule has 2 N–H and O–H groups in total. The second kappa shape index (κ2) is 5.35. The zero-order valence-electron chi connectivity index (χ0n) is 11.5. The Bertz CT molecular complexity index is 507. The van der Waals surface area contributed by atoms with E-state index in [4.69, 9.17) is 10.2 Å². The standard InChI is InChI=1S/C16H22N2O/c1-12-6-8-18(9-7-12)14(11-17)16-10-13-4-2-3-5-15(13)19-16/h2-5,10,12,14H,6-9,11,17H2,1H3. The number of para-hydroxylation sites is 1. The topological polar surface area (TPSA) is 42.4 Å². The Labute approximate surface area is 114 Å². The van der Waals surface area contributed by atoms with Gasteiger partial charge < -0.3 is 10.2 Å². The van der Waals surface area contributed by atoms with Crippen molar-refractivity contribution in [2.24, 2.45) is 11.7 Å². The van der Waals surface area contributed by atoms with Crippen molar-refractivity contribution in [1.29, 1.82) is 0 Å². The highest BCUT2D eigenvalue weighted by atomic mass is 16.3. The normalized spacial score (nSPS) is 19.9. The fourth-order valence-corrected chi connectivity index (χ4v) is 2.95. The van der Waals surface area contributed by atoms with Crippen molar-refractivity contribution in [3.05, 3.63) is 36.1 Å². The molecular weight excluding hydrogens is 236 g/mol. The molecule has 1 aliphatic heterocycles. The summed E-state index contributed by atoms with van der Waals surface area (Å²) < 4.78 is 5.98. The summed E-state index contributed by atoms with van der Waals surface area (Å²) in [6.07, 6.45) is 2.52. The molecule has 0 aliphatic carbocycles. The van der Waals surface area contributed by atoms with Crippen LogP contribution in [0.2, 0.25) is 0 Å². The van der Waals surface area contributed by atoms with Gasteiger partial charge in [0.2, 0.25) is 0 Å². The van der Waals surface area contributed by atoms with Crippen molar-refractivity contribution in [3.8, 4) is 0 Å². The summed E-state index contributed by atoms with van der Waals surface area (Å²) in [6, 6.07) is 10.5. The second-order valence-corrected chi connectivity index (χ2v) is 5.66. The highest BCUT2D eigenvalue weighted by Crippen LogP contribution is 2.30. The predicted molar refractivity (Wildman–Crippen MR) is 78.0 cm³/mol. The number of hydrogen-bond acceptors (Lipinski definition) is 3. The molecule has 0 spiro atoms. The number of nitrogens with two attached hydrogens (primary N) is 1. The van der Waals surface area contributed by atoms with Crippen LogP contribution in [0.25, 0.3) is 11.0 Å². The maximum Gasteiger partial charge on any atom is 0.134 e. The predicted octanol–water partition coefficient (Wildman–Crippen LogP) is 3.16. The summed E-state index contributed by atoms with van der Waals surface area (Å²) in [6.45, 7) is 5.20. The lowest BCUT2D eigenvalue weighted by Gasteiger charge is -2.35. The van der Waals surface area contributed by atoms with Gasteiger partial charge in [-0.3, -0.25) is 4.90 Å². The first kappa shape index (κ1) is 12.7. The van der Waals surface area contributed by atoms with E-state index in [0.29, 0.717) is 6.54 Å². The van der Waals surface area contributed by atoms with Gasteiger partial charge in [0.25, 0.3) is 0 Å². The average Bonchev–Trinajstić information content (AvgIpc) is 2.85. The Morgan fingerprint density at radius 3 is 2.74 bits per heavy atom. The minimum atomic E-state index is 0.222. The lowest BCUT2D eigenvalue weighted by atomic mass is 9.97. The van der Waals surface area contributed by atoms with E-state index in [-0.39, 0.29) is 6.04 Å². The molecule has 102 valence electrons. The van der Waals surface area contributed by atoms with E-state index < -0.39 is 0 Å². The summed E-state index contributed by atoms with van der Waals surface area (Å²) in [4.78, 5) is 2.47. The lowest BCUT2D eigenvalue weighted by Crippen LogP contribution is -2.39. The fraction of sp³-hybridized carbons (Fsp3) is 0.500. The Morgan fingerprint density at radius 2 is 2.05 bits per heavy atom. The van der Waals surface area contributed by atoms with Crippen LogP contribution in [0.15, 0.2) is 34.7 Å². The first-order valence-electron chi connectivity index (χ1n) is 7.20. The van der Waals surface area contributed by atoms with Crippen molar-refractivity contribution in [2.45, 2.75) is 25.8 Å². The molecule has 2 heterocycles. The van der Waals surface area contributed by atoms with Gasteiger partial charge in [0.1, 0.15) is 11.3 Å². The molecule has 19 heavy (non-hydrogen) atoms. The van der Waals surface area contributed by atoms with Gasteiger partial charge in [-0.1, -0.05) is 25.1 Å². The monoisotopic (exact) mass is 258 g/mol. The third-order valence-corrected chi connectivity index (χ3v) is 4.26. The fourth-order valence-electron chi connectivity index (χ4n) is 2.95. The van der Waals surface area contributed by atoms with Crippen molar-refractivity contribution < 1.29 is 4.42 Å². The highest BCUT2D eigenvalue weighted by molar-refractivity contribution is 5.77. The maximum atomic E-state index is 5.99. The van der Waals surface area contributed by atoms with E-state index in [1.165, 1.54) is 18.2 Å². The van der Waals surface area contributed by atoms with Crippen LogP contribution >= 0.6 is 0 Å². The second-order valence-electron chi connectivity index (χ2n) is 5.66. The summed E-state index contributed by atoms with van der Waals surface area (Å²) in [5.74, 6) is 1.85. The number of rotatable bonds is 3. The Kier molecular flexibility index (Phi) is 3.58. The van der Waals surface area contributed by atoms with Crippen LogP contribution in [0.3, 0.4) is 0 Å². The lowest BCUT2D eigenvalue weighted by molar-refractivity contribution is 0.128. The molecule has 1 atom stereocenters. The van der Waals surface area contributed by atoms with Crippen molar-refractivity contribution >= 4 is 11.0 Å². The number of hydrogen-bond donors (Lipinski definition) is 1. The van der Waals surface area contributed by atoms with E-state index >= 15 is 0 Å². The quantitative estimate of drug-likeness (QED) is 0.919. The average molecular weight is 258 g/mol. The highest BCUT2D eigenvalue weighted by Gasteiger charge is 2.25. The molecular formula is C16H22N2O. The molecule has 0 radical (unpaired) electrons. The van der Waals surface area contributed by atoms with E-state index in [9.17, 15) is 0 Å². The van der Waals surface area contributed by atoms with Crippen LogP contribution < -0.4 is 5.73 Å². The summed E-state index contributed by atoms with van der Waals surface area (Å²) in [5, 5.41) is 1.17. The van der Waals surface area contributed by atoms with Crippen LogP contribution in [-0.4, -0.2) is 24.5 Å². The van der Waals surface area contributed by atoms with Gasteiger partial charge in [0.15, 0.2) is 0 Å². The van der Waals surface area contributed by atoms with Gasteiger partial charge >= 0.3 is 0 Å². The minimum Gasteiger partial charge on any atom is -0.459 e. The number of fused-ring (bicyclic) bond motifs is 1. The molecule has 0 saturated carbocycles. The van der Waals surface area contributed by atoms with Gasteiger partial charge in [-0.15, -0.1) is 0 Å². The maximum absolute atomic E-state index is 5.99. The van der Waals surface area contributed by atoms with Crippen LogP contribution in [0.4, 0.5) is 0 Å². The smallest absolute Gasteiger partial charge is 0.134 e. The van der Waals surface area contributed by atoms with Crippen molar-refractivity contribution in [2.75, 3.05) is 19.6 Å². The van der Waals surface area contributed by atoms with E-state index in [2.05, 4.69) is 24.0 Å². The van der Waals surface area contributed by atoms with Gasteiger partial charge in [-0.05, 0) is 44.0 Å². The third kappa shape index (κ3) is 2.53. The minimum absolute atomic E-state index is 0.222. The molecule has 0 bridgehead atoms. The van der Waals surface area contributed by atoms with Crippen LogP contribution in [0, 0.1) is 5.92 Å². The number of furan rings is 1. The zero-order valence-corrected chi connectivity index (χ0v) is 11.5. The number of nitrogens with zero attached hydrogens (tertiary/aromatic N) is 1. The van der Waals surface area contributed by atoms with E-state index in [0.717, 1.165) is 30.4 Å². The Morgan fingerprint density at radius 1 is 1.32 bits per heavy atom. The zero-order chi connectivity index (χ0) is 13.2. The Hall–Kier alpha value is -1.32. The van der Waals surface area contributed by atoms with Crippen LogP contribution in [0.1, 0.15) is 31.6 Å². The first-order valence-corrected chi connectivity index (χ1v) is 7.20. The van der Waals surface area contributed by atoms with Gasteiger partial charge in [0, 0.05) is 11.9 Å². The third-order valence-electron chi connectivity index (χ3n) is 4.26. The molecule has 3 heteroatoms. The molecule has 1 aliphatic rings. The van der Waals surface area contributed by atoms with Crippen molar-refractivity contribution in [3.63, 3.8) is 0 Å². The van der Waals surface area contributed by atoms with Gasteiger partial charge in [-0.25, -0.2) is 0 Å². The molecule has 1 fully saturated rings. The van der Waals surface area contributed by atoms with Crippen LogP contribution in [-0.2, 0) is 0 Å². The summed E-state index contributed by atoms with van der Waals surface area (Å²) in [7, 11) is 0. The molecule has 2 aromatic rings. The van der Waals surface area contributed by atoms with Gasteiger partial charge in [-0.2, -0.15) is 0 Å². The van der Waals surface area contributed by atoms with Gasteiger partial charge in [0.05, 0.1) is 6.04 Å². The molecule has 1 aromatic heterocycles. The molecule has 1 saturated heterocycles. The molecule has 3 nitrogen and oxygen atoms in total. The molecule has 3 rings (SSSR count). The number of benzene rings is 1. The first-order chi connectivity index (χ1) is 9.28. The number of likely N-dealkylation sites (tertiary alicyclic amines) is 1. The van der Waals surface area contributed by atoms with E-state index in [1.54, 1.807) is 0 Å². The SMILES string of the molecule is CC1CCN(C(CN)c2cc3ccccc3o2)CC1. The van der Waals surface area contributed by atoms with Crippen LogP contribution in [0.5, 0.6) is 0 Å².